The highest BCUT2D eigenvalue weighted by Crippen LogP contribution is 2.35. The predicted molar refractivity (Wildman–Crippen MR) is 109 cm³/mol. The van der Waals surface area contributed by atoms with E-state index in [1.165, 1.54) is 12.1 Å². The molecule has 1 fully saturated rings. The third-order valence-corrected chi connectivity index (χ3v) is 5.64. The van der Waals surface area contributed by atoms with Gasteiger partial charge >= 0.3 is 0 Å². The van der Waals surface area contributed by atoms with Crippen LogP contribution in [0, 0.1) is 10.1 Å². The molecule has 2 aliphatic rings. The van der Waals surface area contributed by atoms with Gasteiger partial charge < -0.3 is 4.90 Å². The molecule has 1 atom stereocenters. The highest BCUT2D eigenvalue weighted by Gasteiger charge is 2.45. The van der Waals surface area contributed by atoms with Gasteiger partial charge in [0.25, 0.3) is 23.4 Å². The monoisotopic (exact) mass is 424 g/mol. The molecule has 1 unspecified atom stereocenters. The number of rotatable bonds is 5. The highest BCUT2D eigenvalue weighted by atomic mass is 16.6. The van der Waals surface area contributed by atoms with E-state index < -0.39 is 28.7 Å². The molecule has 0 saturated carbocycles. The lowest BCUT2D eigenvalue weighted by Crippen LogP contribution is -2.59. The summed E-state index contributed by atoms with van der Waals surface area (Å²) in [6.07, 6.45) is 0.0424. The summed E-state index contributed by atoms with van der Waals surface area (Å²) in [6, 6.07) is 6.01. The fourth-order valence-electron chi connectivity index (χ4n) is 4.10. The molecule has 0 radical (unpaired) electrons. The zero-order valence-electron chi connectivity index (χ0n) is 17.0. The summed E-state index contributed by atoms with van der Waals surface area (Å²) in [7, 11) is 3.61. The van der Waals surface area contributed by atoms with Crippen molar-refractivity contribution in [1.29, 1.82) is 0 Å². The van der Waals surface area contributed by atoms with Crippen molar-refractivity contribution in [2.45, 2.75) is 18.9 Å². The minimum Gasteiger partial charge on any atom is -0.308 e. The van der Waals surface area contributed by atoms with Crippen molar-refractivity contribution in [2.24, 2.45) is 0 Å². The van der Waals surface area contributed by atoms with Crippen LogP contribution in [0.4, 0.5) is 5.69 Å². The summed E-state index contributed by atoms with van der Waals surface area (Å²) in [6.45, 7) is 0.593. The van der Waals surface area contributed by atoms with E-state index in [-0.39, 0.29) is 42.1 Å². The number of hydrogen-bond donors (Lipinski definition) is 0. The van der Waals surface area contributed by atoms with Gasteiger partial charge in [-0.25, -0.2) is 0 Å². The molecule has 0 aromatic heterocycles. The lowest BCUT2D eigenvalue weighted by atomic mass is 9.91. The molecule has 1 saturated heterocycles. The number of nitro benzene ring substituents is 1. The first kappa shape index (κ1) is 20.6. The SMILES string of the molecule is CN(C)CCN1C(=O)CCC(N2C(=O)c3cccc4cc([N+](=O)[O-])cc(c34)C2=O)C1=O. The Hall–Kier alpha value is -3.66. The number of non-ortho nitro benzene ring substituents is 1. The van der Waals surface area contributed by atoms with Gasteiger partial charge in [0, 0.05) is 42.6 Å². The molecule has 10 heteroatoms. The molecule has 2 aromatic rings. The van der Waals surface area contributed by atoms with Gasteiger partial charge in [0.2, 0.25) is 5.91 Å². The molecule has 160 valence electrons. The highest BCUT2D eigenvalue weighted by molar-refractivity contribution is 6.27. The molecule has 2 aromatic carbocycles. The Bertz CT molecular complexity index is 1160. The van der Waals surface area contributed by atoms with Crippen LogP contribution in [0.2, 0.25) is 0 Å². The van der Waals surface area contributed by atoms with Gasteiger partial charge in [0.1, 0.15) is 6.04 Å². The minimum atomic E-state index is -1.14. The average Bonchev–Trinajstić information content (AvgIpc) is 2.72. The standard InChI is InChI=1S/C21H20N4O6/c1-22(2)8-9-23-17(26)7-6-16(21(23)29)24-19(27)14-5-3-4-12-10-13(25(30)31)11-15(18(12)14)20(24)28/h3-5,10-11,16H,6-9H2,1-2H3. The quantitative estimate of drug-likeness (QED) is 0.404. The summed E-state index contributed by atoms with van der Waals surface area (Å²) in [4.78, 5) is 66.4. The van der Waals surface area contributed by atoms with Crippen molar-refractivity contribution >= 4 is 40.1 Å². The summed E-state index contributed by atoms with van der Waals surface area (Å²) in [5.74, 6) is -2.37. The molecule has 0 spiro atoms. The summed E-state index contributed by atoms with van der Waals surface area (Å²) < 4.78 is 0. The van der Waals surface area contributed by atoms with Crippen LogP contribution >= 0.6 is 0 Å². The Morgan fingerprint density at radius 1 is 1.10 bits per heavy atom. The molecule has 0 N–H and O–H groups in total. The molecule has 4 rings (SSSR count). The van der Waals surface area contributed by atoms with Crippen molar-refractivity contribution in [2.75, 3.05) is 27.2 Å². The maximum atomic E-state index is 13.3. The molecule has 2 heterocycles. The Kier molecular flexibility index (Phi) is 5.02. The summed E-state index contributed by atoms with van der Waals surface area (Å²) in [5.41, 5.74) is -0.0736. The van der Waals surface area contributed by atoms with Crippen molar-refractivity contribution in [3.05, 3.63) is 51.6 Å². The van der Waals surface area contributed by atoms with E-state index in [4.69, 9.17) is 0 Å². The number of hydrogen-bond acceptors (Lipinski definition) is 7. The lowest BCUT2D eigenvalue weighted by Gasteiger charge is -2.38. The number of likely N-dealkylation sites (tertiary alicyclic amines) is 1. The Labute approximate surface area is 177 Å². The fraction of sp³-hybridized carbons (Fsp3) is 0.333. The second kappa shape index (κ2) is 7.55. The second-order valence-corrected chi connectivity index (χ2v) is 7.88. The normalized spacial score (nSPS) is 19.0. The van der Waals surface area contributed by atoms with Crippen LogP contribution in [0.15, 0.2) is 30.3 Å². The number of benzene rings is 2. The maximum Gasteiger partial charge on any atom is 0.270 e. The van der Waals surface area contributed by atoms with E-state index in [0.717, 1.165) is 15.9 Å². The van der Waals surface area contributed by atoms with Crippen molar-refractivity contribution in [3.8, 4) is 0 Å². The molecular weight excluding hydrogens is 404 g/mol. The van der Waals surface area contributed by atoms with Crippen molar-refractivity contribution in [1.82, 2.24) is 14.7 Å². The van der Waals surface area contributed by atoms with Crippen LogP contribution in [-0.2, 0) is 9.59 Å². The maximum absolute atomic E-state index is 13.3. The summed E-state index contributed by atoms with van der Waals surface area (Å²) >= 11 is 0. The van der Waals surface area contributed by atoms with E-state index in [0.29, 0.717) is 17.3 Å². The third kappa shape index (κ3) is 3.34. The van der Waals surface area contributed by atoms with Gasteiger partial charge in [-0.1, -0.05) is 12.1 Å². The fourth-order valence-corrected chi connectivity index (χ4v) is 4.10. The second-order valence-electron chi connectivity index (χ2n) is 7.88. The van der Waals surface area contributed by atoms with E-state index in [9.17, 15) is 29.3 Å². The number of nitrogens with zero attached hydrogens (tertiary/aromatic N) is 4. The topological polar surface area (TPSA) is 121 Å². The van der Waals surface area contributed by atoms with Crippen molar-refractivity contribution in [3.63, 3.8) is 0 Å². The number of piperidine rings is 1. The molecular formula is C21H20N4O6. The molecule has 31 heavy (non-hydrogen) atoms. The Morgan fingerprint density at radius 2 is 1.81 bits per heavy atom. The number of carbonyl (C=O) groups excluding carboxylic acids is 4. The number of carbonyl (C=O) groups is 4. The zero-order valence-corrected chi connectivity index (χ0v) is 17.0. The number of amides is 4. The largest absolute Gasteiger partial charge is 0.308 e. The first-order valence-electron chi connectivity index (χ1n) is 9.78. The molecule has 0 aliphatic carbocycles. The van der Waals surface area contributed by atoms with Crippen LogP contribution in [0.5, 0.6) is 0 Å². The Balaban J connectivity index is 1.77. The van der Waals surface area contributed by atoms with E-state index in [1.807, 2.05) is 4.90 Å². The molecule has 4 amide bonds. The van der Waals surface area contributed by atoms with Crippen LogP contribution < -0.4 is 0 Å². The summed E-state index contributed by atoms with van der Waals surface area (Å²) in [5, 5.41) is 12.1. The molecule has 10 nitrogen and oxygen atoms in total. The third-order valence-electron chi connectivity index (χ3n) is 5.64. The number of nitro groups is 1. The van der Waals surface area contributed by atoms with Crippen LogP contribution in [-0.4, -0.2) is 76.5 Å². The van der Waals surface area contributed by atoms with Gasteiger partial charge in [-0.3, -0.25) is 39.1 Å². The van der Waals surface area contributed by atoms with Crippen molar-refractivity contribution < 1.29 is 24.1 Å². The predicted octanol–water partition coefficient (Wildman–Crippen LogP) is 1.42. The number of imide groups is 2. The van der Waals surface area contributed by atoms with E-state index in [2.05, 4.69) is 0 Å². The van der Waals surface area contributed by atoms with Crippen LogP contribution in [0.3, 0.4) is 0 Å². The van der Waals surface area contributed by atoms with Crippen LogP contribution in [0.1, 0.15) is 33.6 Å². The van der Waals surface area contributed by atoms with Gasteiger partial charge in [-0.05, 0) is 32.0 Å². The van der Waals surface area contributed by atoms with E-state index >= 15 is 0 Å². The molecule has 0 bridgehead atoms. The van der Waals surface area contributed by atoms with Gasteiger partial charge in [-0.15, -0.1) is 0 Å². The first-order valence-corrected chi connectivity index (χ1v) is 9.78. The van der Waals surface area contributed by atoms with Gasteiger partial charge in [-0.2, -0.15) is 0 Å². The Morgan fingerprint density at radius 3 is 2.48 bits per heavy atom. The number of likely N-dealkylation sites (N-methyl/N-ethyl adjacent to an activating group) is 1. The van der Waals surface area contributed by atoms with Gasteiger partial charge in [0.15, 0.2) is 0 Å². The van der Waals surface area contributed by atoms with Gasteiger partial charge in [0.05, 0.1) is 10.5 Å². The van der Waals surface area contributed by atoms with E-state index in [1.54, 1.807) is 26.2 Å². The zero-order chi connectivity index (χ0) is 22.4. The lowest BCUT2D eigenvalue weighted by molar-refractivity contribution is -0.384. The average molecular weight is 424 g/mol. The van der Waals surface area contributed by atoms with Crippen LogP contribution in [0.25, 0.3) is 10.8 Å². The minimum absolute atomic E-state index is 0.00365. The smallest absolute Gasteiger partial charge is 0.270 e. The molecule has 2 aliphatic heterocycles. The first-order chi connectivity index (χ1) is 14.7.